The summed E-state index contributed by atoms with van der Waals surface area (Å²) < 4.78 is 0. The Kier molecular flexibility index (Phi) is 6.87. The second-order valence-electron chi connectivity index (χ2n) is 7.25. The molecule has 8 heteroatoms. The maximum atomic E-state index is 13.2. The summed E-state index contributed by atoms with van der Waals surface area (Å²) in [7, 11) is 0. The van der Waals surface area contributed by atoms with Crippen molar-refractivity contribution in [2.45, 2.75) is 25.1 Å². The van der Waals surface area contributed by atoms with E-state index in [2.05, 4.69) is 15.3 Å². The zero-order chi connectivity index (χ0) is 22.5. The van der Waals surface area contributed by atoms with Crippen LogP contribution in [0, 0.1) is 6.92 Å². The fraction of sp³-hybridized carbons (Fsp3) is 0.167. The van der Waals surface area contributed by atoms with Crippen LogP contribution in [0.25, 0.3) is 0 Å². The normalized spacial score (nSPS) is 17.1. The van der Waals surface area contributed by atoms with Crippen molar-refractivity contribution >= 4 is 51.7 Å². The lowest BCUT2D eigenvalue weighted by molar-refractivity contribution is -0.128. The van der Waals surface area contributed by atoms with Crippen LogP contribution in [0.1, 0.15) is 17.7 Å². The van der Waals surface area contributed by atoms with Crippen molar-refractivity contribution in [1.29, 1.82) is 0 Å². The number of amidine groups is 1. The molecule has 0 aliphatic carbocycles. The van der Waals surface area contributed by atoms with Crippen LogP contribution in [0.2, 0.25) is 5.02 Å². The minimum Gasteiger partial charge on any atom is -0.326 e. The Labute approximate surface area is 195 Å². The van der Waals surface area contributed by atoms with Crippen LogP contribution in [-0.2, 0) is 16.1 Å². The lowest BCUT2D eigenvalue weighted by Crippen LogP contribution is -2.33. The van der Waals surface area contributed by atoms with Gasteiger partial charge in [-0.15, -0.1) is 0 Å². The first-order valence-electron chi connectivity index (χ1n) is 10.1. The zero-order valence-electron chi connectivity index (χ0n) is 17.4. The summed E-state index contributed by atoms with van der Waals surface area (Å²) >= 11 is 7.44. The molecule has 6 nitrogen and oxygen atoms in total. The van der Waals surface area contributed by atoms with Crippen LogP contribution < -0.4 is 5.32 Å². The summed E-state index contributed by atoms with van der Waals surface area (Å²) in [6.07, 6.45) is 1.72. The molecule has 1 aromatic heterocycles. The second-order valence-corrected chi connectivity index (χ2v) is 8.82. The van der Waals surface area contributed by atoms with Gasteiger partial charge in [0.05, 0.1) is 17.9 Å². The van der Waals surface area contributed by atoms with E-state index in [1.54, 1.807) is 29.3 Å². The van der Waals surface area contributed by atoms with E-state index < -0.39 is 5.25 Å². The number of aromatic nitrogens is 1. The summed E-state index contributed by atoms with van der Waals surface area (Å²) in [6, 6.07) is 20.3. The number of carbonyl (C=O) groups is 2. The third kappa shape index (κ3) is 5.18. The Morgan fingerprint density at radius 3 is 2.66 bits per heavy atom. The topological polar surface area (TPSA) is 74.7 Å². The van der Waals surface area contributed by atoms with Gasteiger partial charge >= 0.3 is 0 Å². The molecule has 0 saturated carbocycles. The van der Waals surface area contributed by atoms with Gasteiger partial charge in [0.15, 0.2) is 5.17 Å². The highest BCUT2D eigenvalue weighted by atomic mass is 35.5. The molecule has 0 bridgehead atoms. The molecule has 32 heavy (non-hydrogen) atoms. The van der Waals surface area contributed by atoms with Crippen molar-refractivity contribution in [3.63, 3.8) is 0 Å². The van der Waals surface area contributed by atoms with Crippen molar-refractivity contribution in [3.05, 3.63) is 89.2 Å². The number of nitrogens with zero attached hydrogens (tertiary/aromatic N) is 3. The van der Waals surface area contributed by atoms with Gasteiger partial charge in [-0.2, -0.15) is 0 Å². The molecule has 2 heterocycles. The van der Waals surface area contributed by atoms with Gasteiger partial charge in [-0.25, -0.2) is 4.99 Å². The first-order chi connectivity index (χ1) is 15.5. The SMILES string of the molecule is Cc1c(Cl)cccc1NC(=O)CC1SC(=Nc2ccccc2)N(Cc2ccccn2)C1=O. The molecule has 1 aliphatic heterocycles. The summed E-state index contributed by atoms with van der Waals surface area (Å²) in [5.41, 5.74) is 2.92. The van der Waals surface area contributed by atoms with Gasteiger partial charge < -0.3 is 5.32 Å². The molecule has 1 fully saturated rings. The van der Waals surface area contributed by atoms with Crippen molar-refractivity contribution in [2.75, 3.05) is 5.32 Å². The number of rotatable bonds is 6. The van der Waals surface area contributed by atoms with E-state index in [4.69, 9.17) is 11.6 Å². The van der Waals surface area contributed by atoms with Gasteiger partial charge in [-0.1, -0.05) is 53.7 Å². The number of para-hydroxylation sites is 1. The van der Waals surface area contributed by atoms with Gasteiger partial charge in [0.25, 0.3) is 0 Å². The molecule has 1 aliphatic rings. The number of anilines is 1. The quantitative estimate of drug-likeness (QED) is 0.543. The van der Waals surface area contributed by atoms with Crippen LogP contribution in [0.4, 0.5) is 11.4 Å². The molecule has 162 valence electrons. The fourth-order valence-electron chi connectivity index (χ4n) is 3.25. The van der Waals surface area contributed by atoms with Crippen LogP contribution in [0.5, 0.6) is 0 Å². The van der Waals surface area contributed by atoms with Crippen molar-refractivity contribution in [2.24, 2.45) is 4.99 Å². The molecule has 1 unspecified atom stereocenters. The number of halogens is 1. The Morgan fingerprint density at radius 2 is 1.91 bits per heavy atom. The molecule has 1 saturated heterocycles. The number of amides is 2. The lowest BCUT2D eigenvalue weighted by atomic mass is 10.2. The first-order valence-corrected chi connectivity index (χ1v) is 11.3. The number of hydrogen-bond donors (Lipinski definition) is 1. The van der Waals surface area contributed by atoms with E-state index >= 15 is 0 Å². The predicted molar refractivity (Wildman–Crippen MR) is 129 cm³/mol. The third-order valence-corrected chi connectivity index (χ3v) is 6.54. The van der Waals surface area contributed by atoms with Crippen LogP contribution in [0.15, 0.2) is 77.9 Å². The van der Waals surface area contributed by atoms with Gasteiger partial charge in [0, 0.05) is 23.3 Å². The molecular weight excluding hydrogens is 444 g/mol. The van der Waals surface area contributed by atoms with E-state index in [-0.39, 0.29) is 18.2 Å². The first kappa shape index (κ1) is 22.0. The summed E-state index contributed by atoms with van der Waals surface area (Å²) in [4.78, 5) is 36.5. The Bertz CT molecular complexity index is 1160. The maximum absolute atomic E-state index is 13.2. The van der Waals surface area contributed by atoms with Crippen molar-refractivity contribution in [3.8, 4) is 0 Å². The molecule has 1 atom stereocenters. The van der Waals surface area contributed by atoms with Crippen LogP contribution >= 0.6 is 23.4 Å². The monoisotopic (exact) mass is 464 g/mol. The third-order valence-electron chi connectivity index (χ3n) is 4.96. The number of carbonyl (C=O) groups excluding carboxylic acids is 2. The number of benzene rings is 2. The molecule has 2 amide bonds. The molecule has 0 radical (unpaired) electrons. The Morgan fingerprint density at radius 1 is 1.12 bits per heavy atom. The maximum Gasteiger partial charge on any atom is 0.243 e. The Hall–Kier alpha value is -3.16. The molecule has 1 N–H and O–H groups in total. The number of aliphatic imine (C=N–C) groups is 1. The minimum atomic E-state index is -0.569. The average Bonchev–Trinajstić information content (AvgIpc) is 3.07. The average molecular weight is 465 g/mol. The molecule has 4 rings (SSSR count). The lowest BCUT2D eigenvalue weighted by Gasteiger charge is -2.16. The molecule has 0 spiro atoms. The summed E-state index contributed by atoms with van der Waals surface area (Å²) in [5, 5.41) is 3.43. The van der Waals surface area contributed by atoms with E-state index in [1.807, 2.05) is 55.5 Å². The highest BCUT2D eigenvalue weighted by Gasteiger charge is 2.39. The number of nitrogens with one attached hydrogen (secondary N) is 1. The Balaban J connectivity index is 1.54. The number of thioether (sulfide) groups is 1. The molecule has 2 aromatic carbocycles. The largest absolute Gasteiger partial charge is 0.326 e. The standard InChI is InChI=1S/C24H21ClN4O2S/c1-16-19(25)11-7-12-20(16)28-22(30)14-21-23(31)29(15-18-10-5-6-13-26-18)24(32-21)27-17-8-3-2-4-9-17/h2-13,21H,14-15H2,1H3,(H,28,30). The van der Waals surface area contributed by atoms with Gasteiger partial charge in [-0.3, -0.25) is 19.5 Å². The minimum absolute atomic E-state index is 0.0297. The van der Waals surface area contributed by atoms with Gasteiger partial charge in [0.1, 0.15) is 5.25 Å². The smallest absolute Gasteiger partial charge is 0.243 e. The van der Waals surface area contributed by atoms with Crippen LogP contribution in [-0.4, -0.2) is 32.1 Å². The predicted octanol–water partition coefficient (Wildman–Crippen LogP) is 5.20. The zero-order valence-corrected chi connectivity index (χ0v) is 18.9. The highest BCUT2D eigenvalue weighted by molar-refractivity contribution is 8.15. The van der Waals surface area contributed by atoms with E-state index in [1.165, 1.54) is 11.8 Å². The fourth-order valence-corrected chi connectivity index (χ4v) is 4.58. The van der Waals surface area contributed by atoms with E-state index in [0.717, 1.165) is 16.9 Å². The summed E-state index contributed by atoms with van der Waals surface area (Å²) in [6.45, 7) is 2.14. The molecular formula is C24H21ClN4O2S. The van der Waals surface area contributed by atoms with E-state index in [0.29, 0.717) is 22.4 Å². The van der Waals surface area contributed by atoms with Gasteiger partial charge in [-0.05, 0) is 48.9 Å². The summed E-state index contributed by atoms with van der Waals surface area (Å²) in [5.74, 6) is -0.409. The number of hydrogen-bond acceptors (Lipinski definition) is 5. The van der Waals surface area contributed by atoms with E-state index in [9.17, 15) is 9.59 Å². The van der Waals surface area contributed by atoms with Crippen molar-refractivity contribution in [1.82, 2.24) is 9.88 Å². The second kappa shape index (κ2) is 9.97. The van der Waals surface area contributed by atoms with Crippen molar-refractivity contribution < 1.29 is 9.59 Å². The number of pyridine rings is 1. The van der Waals surface area contributed by atoms with Crippen LogP contribution in [0.3, 0.4) is 0 Å². The van der Waals surface area contributed by atoms with Gasteiger partial charge in [0.2, 0.25) is 11.8 Å². The molecule has 3 aromatic rings. The highest BCUT2D eigenvalue weighted by Crippen LogP contribution is 2.33.